The number of likely N-dealkylation sites (tertiary alicyclic amines) is 1. The van der Waals surface area contributed by atoms with Crippen molar-refractivity contribution >= 4 is 5.91 Å². The van der Waals surface area contributed by atoms with Gasteiger partial charge in [-0.25, -0.2) is 0 Å². The van der Waals surface area contributed by atoms with Gasteiger partial charge in [0.1, 0.15) is 0 Å². The Balaban J connectivity index is 1.97. The molecular formula is C14H26N2O2. The number of hydrogen-bond acceptors (Lipinski definition) is 3. The number of nitrogens with zero attached hydrogens (tertiary/aromatic N) is 1. The van der Waals surface area contributed by atoms with E-state index in [1.54, 1.807) is 0 Å². The van der Waals surface area contributed by atoms with Gasteiger partial charge in [0.25, 0.3) is 0 Å². The van der Waals surface area contributed by atoms with Gasteiger partial charge in [-0.15, -0.1) is 0 Å². The molecule has 2 rings (SSSR count). The number of aliphatic hydroxyl groups excluding tert-OH is 1. The van der Waals surface area contributed by atoms with Gasteiger partial charge < -0.3 is 15.7 Å². The van der Waals surface area contributed by atoms with Gasteiger partial charge >= 0.3 is 0 Å². The lowest BCUT2D eigenvalue weighted by atomic mass is 9.72. The molecule has 4 heteroatoms. The van der Waals surface area contributed by atoms with Crippen LogP contribution < -0.4 is 5.73 Å². The number of hydrogen-bond donors (Lipinski definition) is 2. The number of aliphatic hydroxyl groups is 1. The van der Waals surface area contributed by atoms with Crippen molar-refractivity contribution in [2.75, 3.05) is 26.2 Å². The Morgan fingerprint density at radius 2 is 1.83 bits per heavy atom. The molecule has 0 unspecified atom stereocenters. The summed E-state index contributed by atoms with van der Waals surface area (Å²) in [5, 5.41) is 9.14. The van der Waals surface area contributed by atoms with Crippen LogP contribution in [0.4, 0.5) is 0 Å². The maximum atomic E-state index is 12.7. The minimum Gasteiger partial charge on any atom is -0.396 e. The molecule has 0 atom stereocenters. The van der Waals surface area contributed by atoms with Crippen LogP contribution >= 0.6 is 0 Å². The van der Waals surface area contributed by atoms with Gasteiger partial charge in [-0.05, 0) is 31.6 Å². The predicted molar refractivity (Wildman–Crippen MR) is 71.0 cm³/mol. The Hall–Kier alpha value is -0.610. The van der Waals surface area contributed by atoms with E-state index >= 15 is 0 Å². The Morgan fingerprint density at radius 1 is 1.22 bits per heavy atom. The van der Waals surface area contributed by atoms with Gasteiger partial charge in [-0.1, -0.05) is 19.3 Å². The Morgan fingerprint density at radius 3 is 2.33 bits per heavy atom. The largest absolute Gasteiger partial charge is 0.396 e. The summed E-state index contributed by atoms with van der Waals surface area (Å²) in [6.07, 6.45) is 7.30. The lowest BCUT2D eigenvalue weighted by Gasteiger charge is -2.41. The SMILES string of the molecule is NCC1(C(=O)N2CCC(CO)CC2)CCCCC1. The monoisotopic (exact) mass is 254 g/mol. The van der Waals surface area contributed by atoms with E-state index in [1.165, 1.54) is 6.42 Å². The molecule has 18 heavy (non-hydrogen) atoms. The number of carbonyl (C=O) groups is 1. The summed E-state index contributed by atoms with van der Waals surface area (Å²) >= 11 is 0. The summed E-state index contributed by atoms with van der Waals surface area (Å²) < 4.78 is 0. The maximum Gasteiger partial charge on any atom is 0.230 e. The molecule has 1 amide bonds. The maximum absolute atomic E-state index is 12.7. The third kappa shape index (κ3) is 2.69. The van der Waals surface area contributed by atoms with Crippen LogP contribution in [-0.4, -0.2) is 42.2 Å². The van der Waals surface area contributed by atoms with Crippen molar-refractivity contribution in [3.05, 3.63) is 0 Å². The Labute approximate surface area is 110 Å². The highest BCUT2D eigenvalue weighted by Gasteiger charge is 2.41. The molecule has 2 aliphatic rings. The lowest BCUT2D eigenvalue weighted by Crippen LogP contribution is -2.51. The van der Waals surface area contributed by atoms with Gasteiger partial charge in [0.15, 0.2) is 0 Å². The van der Waals surface area contributed by atoms with Gasteiger partial charge in [0.2, 0.25) is 5.91 Å². The minimum absolute atomic E-state index is 0.254. The van der Waals surface area contributed by atoms with Gasteiger partial charge in [-0.2, -0.15) is 0 Å². The average molecular weight is 254 g/mol. The van der Waals surface area contributed by atoms with E-state index < -0.39 is 0 Å². The van der Waals surface area contributed by atoms with Crippen molar-refractivity contribution in [3.63, 3.8) is 0 Å². The highest BCUT2D eigenvalue weighted by atomic mass is 16.3. The van der Waals surface area contributed by atoms with Gasteiger partial charge in [-0.3, -0.25) is 4.79 Å². The first-order valence-electron chi connectivity index (χ1n) is 7.32. The highest BCUT2D eigenvalue weighted by Crippen LogP contribution is 2.37. The lowest BCUT2D eigenvalue weighted by molar-refractivity contribution is -0.145. The third-order valence-corrected chi connectivity index (χ3v) is 4.82. The van der Waals surface area contributed by atoms with Crippen molar-refractivity contribution in [3.8, 4) is 0 Å². The first-order valence-corrected chi connectivity index (χ1v) is 7.32. The predicted octanol–water partition coefficient (Wildman–Crippen LogP) is 1.13. The molecule has 1 heterocycles. The molecule has 104 valence electrons. The van der Waals surface area contributed by atoms with E-state index in [4.69, 9.17) is 10.8 Å². The molecule has 0 aromatic heterocycles. The summed E-state index contributed by atoms with van der Waals surface area (Å²) in [4.78, 5) is 14.7. The van der Waals surface area contributed by atoms with Crippen LogP contribution in [0.3, 0.4) is 0 Å². The number of nitrogens with two attached hydrogens (primary N) is 1. The Kier molecular flexibility index (Phi) is 4.62. The molecule has 1 aliphatic carbocycles. The second kappa shape index (κ2) is 6.02. The van der Waals surface area contributed by atoms with Crippen molar-refractivity contribution in [1.82, 2.24) is 4.90 Å². The topological polar surface area (TPSA) is 66.6 Å². The molecular weight excluding hydrogens is 228 g/mol. The molecule has 0 radical (unpaired) electrons. The van der Waals surface area contributed by atoms with E-state index in [1.807, 2.05) is 4.90 Å². The first-order chi connectivity index (χ1) is 8.72. The molecule has 1 aliphatic heterocycles. The minimum atomic E-state index is -0.274. The smallest absolute Gasteiger partial charge is 0.230 e. The second-order valence-corrected chi connectivity index (χ2v) is 5.96. The molecule has 0 bridgehead atoms. The standard InChI is InChI=1S/C14H26N2O2/c15-11-14(6-2-1-3-7-14)13(18)16-8-4-12(10-17)5-9-16/h12,17H,1-11,15H2. The summed E-state index contributed by atoms with van der Waals surface area (Å²) in [6.45, 7) is 2.34. The van der Waals surface area contributed by atoms with Crippen LogP contribution in [-0.2, 0) is 4.79 Å². The van der Waals surface area contributed by atoms with Crippen LogP contribution in [0.5, 0.6) is 0 Å². The molecule has 3 N–H and O–H groups in total. The summed E-state index contributed by atoms with van der Waals surface area (Å²) in [5.74, 6) is 0.662. The van der Waals surface area contributed by atoms with E-state index in [0.717, 1.165) is 51.6 Å². The van der Waals surface area contributed by atoms with Crippen LogP contribution in [0, 0.1) is 11.3 Å². The second-order valence-electron chi connectivity index (χ2n) is 5.96. The molecule has 4 nitrogen and oxygen atoms in total. The van der Waals surface area contributed by atoms with Crippen molar-refractivity contribution in [1.29, 1.82) is 0 Å². The van der Waals surface area contributed by atoms with Crippen LogP contribution in [0.1, 0.15) is 44.9 Å². The van der Waals surface area contributed by atoms with Crippen molar-refractivity contribution < 1.29 is 9.90 Å². The zero-order chi connectivity index (χ0) is 13.0. The third-order valence-electron chi connectivity index (χ3n) is 4.82. The zero-order valence-corrected chi connectivity index (χ0v) is 11.2. The Bertz CT molecular complexity index is 280. The van der Waals surface area contributed by atoms with E-state index in [-0.39, 0.29) is 17.9 Å². The fourth-order valence-electron chi connectivity index (χ4n) is 3.39. The summed E-state index contributed by atoms with van der Waals surface area (Å²) in [7, 11) is 0. The number of rotatable bonds is 3. The van der Waals surface area contributed by atoms with Gasteiger partial charge in [0, 0.05) is 26.2 Å². The first kappa shape index (κ1) is 13.8. The number of piperidine rings is 1. The van der Waals surface area contributed by atoms with Crippen LogP contribution in [0.25, 0.3) is 0 Å². The fraction of sp³-hybridized carbons (Fsp3) is 0.929. The number of amides is 1. The van der Waals surface area contributed by atoms with E-state index in [9.17, 15) is 4.79 Å². The van der Waals surface area contributed by atoms with Crippen LogP contribution in [0.2, 0.25) is 0 Å². The summed E-state index contributed by atoms with van der Waals surface area (Å²) in [6, 6.07) is 0. The molecule has 0 aromatic rings. The molecule has 0 spiro atoms. The van der Waals surface area contributed by atoms with E-state index in [0.29, 0.717) is 12.5 Å². The van der Waals surface area contributed by atoms with E-state index in [2.05, 4.69) is 0 Å². The van der Waals surface area contributed by atoms with Gasteiger partial charge in [0.05, 0.1) is 5.41 Å². The summed E-state index contributed by atoms with van der Waals surface area (Å²) in [5.41, 5.74) is 5.64. The molecule has 1 saturated carbocycles. The zero-order valence-electron chi connectivity index (χ0n) is 11.2. The molecule has 0 aromatic carbocycles. The highest BCUT2D eigenvalue weighted by molar-refractivity contribution is 5.83. The quantitative estimate of drug-likeness (QED) is 0.793. The molecule has 2 fully saturated rings. The average Bonchev–Trinajstić information content (AvgIpc) is 2.47. The number of carbonyl (C=O) groups excluding carboxylic acids is 1. The van der Waals surface area contributed by atoms with Crippen LogP contribution in [0.15, 0.2) is 0 Å². The fourth-order valence-corrected chi connectivity index (χ4v) is 3.39. The normalized spacial score (nSPS) is 25.1. The van der Waals surface area contributed by atoms with Crippen molar-refractivity contribution in [2.24, 2.45) is 17.1 Å². The molecule has 1 saturated heterocycles. The van der Waals surface area contributed by atoms with Crippen molar-refractivity contribution in [2.45, 2.75) is 44.9 Å².